The number of carbonyl (C=O) groups is 2. The van der Waals surface area contributed by atoms with Crippen molar-refractivity contribution in [3.63, 3.8) is 0 Å². The molecule has 0 unspecified atom stereocenters. The molecule has 1 amide bonds. The van der Waals surface area contributed by atoms with Gasteiger partial charge in [-0.15, -0.1) is 0 Å². The molecule has 0 bridgehead atoms. The average molecular weight is 302 g/mol. The van der Waals surface area contributed by atoms with Gasteiger partial charge in [0.15, 0.2) is 0 Å². The molecule has 21 heavy (non-hydrogen) atoms. The zero-order valence-electron chi connectivity index (χ0n) is 14.0. The predicted octanol–water partition coefficient (Wildman–Crippen LogP) is 0.829. The number of amides is 1. The third-order valence-corrected chi connectivity index (χ3v) is 2.70. The highest BCUT2D eigenvalue weighted by Crippen LogP contribution is 2.08. The van der Waals surface area contributed by atoms with Crippen LogP contribution in [0.2, 0.25) is 0 Å². The minimum absolute atomic E-state index is 0.239. The summed E-state index contributed by atoms with van der Waals surface area (Å²) in [7, 11) is 0. The van der Waals surface area contributed by atoms with Gasteiger partial charge >= 0.3 is 5.97 Å². The van der Waals surface area contributed by atoms with Crippen LogP contribution in [0.1, 0.15) is 48.0 Å². The van der Waals surface area contributed by atoms with E-state index in [0.717, 1.165) is 0 Å². The summed E-state index contributed by atoms with van der Waals surface area (Å²) < 4.78 is 4.98. The number of aliphatic hydroxyl groups is 1. The van der Waals surface area contributed by atoms with E-state index in [9.17, 15) is 14.7 Å². The summed E-state index contributed by atoms with van der Waals surface area (Å²) in [5.41, 5.74) is -0.317. The summed E-state index contributed by atoms with van der Waals surface area (Å²) in [6.07, 6.45) is 0.498. The van der Waals surface area contributed by atoms with Crippen LogP contribution in [0.15, 0.2) is 0 Å². The molecule has 124 valence electrons. The van der Waals surface area contributed by atoms with Gasteiger partial charge < -0.3 is 15.2 Å². The minimum atomic E-state index is -0.755. The number of rotatable bonds is 8. The molecular weight excluding hydrogens is 272 g/mol. The van der Waals surface area contributed by atoms with Gasteiger partial charge in [-0.1, -0.05) is 13.8 Å². The van der Waals surface area contributed by atoms with E-state index in [4.69, 9.17) is 4.74 Å². The van der Waals surface area contributed by atoms with Gasteiger partial charge in [-0.2, -0.15) is 0 Å². The molecule has 0 radical (unpaired) electrons. The van der Waals surface area contributed by atoms with Crippen molar-refractivity contribution < 1.29 is 19.4 Å². The third kappa shape index (κ3) is 8.67. The summed E-state index contributed by atoms with van der Waals surface area (Å²) in [6.45, 7) is 11.3. The maximum Gasteiger partial charge on any atom is 0.328 e. The molecule has 0 fully saturated rings. The van der Waals surface area contributed by atoms with Crippen LogP contribution in [-0.2, 0) is 14.3 Å². The first kappa shape index (κ1) is 19.9. The Morgan fingerprint density at radius 1 is 1.19 bits per heavy atom. The van der Waals surface area contributed by atoms with Crippen LogP contribution >= 0.6 is 0 Å². The number of aliphatic hydroxyl groups excluding tert-OH is 1. The molecule has 0 rings (SSSR count). The van der Waals surface area contributed by atoms with Crippen molar-refractivity contribution in [2.75, 3.05) is 13.2 Å². The lowest BCUT2D eigenvalue weighted by molar-refractivity contribution is -0.148. The molecule has 0 aromatic heterocycles. The average Bonchev–Trinajstić information content (AvgIpc) is 2.33. The minimum Gasteiger partial charge on any atom is -0.464 e. The molecule has 0 aliphatic carbocycles. The van der Waals surface area contributed by atoms with Crippen molar-refractivity contribution in [1.82, 2.24) is 10.6 Å². The molecule has 0 aliphatic rings. The van der Waals surface area contributed by atoms with E-state index in [-0.39, 0.29) is 24.7 Å². The normalized spacial score (nSPS) is 14.7. The van der Waals surface area contributed by atoms with Crippen LogP contribution in [0.3, 0.4) is 0 Å². The summed E-state index contributed by atoms with van der Waals surface area (Å²) in [6, 6.07) is -1.44. The van der Waals surface area contributed by atoms with Crippen LogP contribution in [0, 0.1) is 5.92 Å². The molecule has 6 heteroatoms. The largest absolute Gasteiger partial charge is 0.464 e. The van der Waals surface area contributed by atoms with E-state index >= 15 is 0 Å². The van der Waals surface area contributed by atoms with E-state index < -0.39 is 24.0 Å². The Hall–Kier alpha value is -1.14. The lowest BCUT2D eigenvalue weighted by Gasteiger charge is -2.28. The van der Waals surface area contributed by atoms with E-state index in [1.807, 2.05) is 34.6 Å². The molecule has 3 N–H and O–H groups in total. The van der Waals surface area contributed by atoms with E-state index in [2.05, 4.69) is 10.6 Å². The van der Waals surface area contributed by atoms with Gasteiger partial charge in [-0.3, -0.25) is 10.1 Å². The van der Waals surface area contributed by atoms with Gasteiger partial charge in [0.25, 0.3) is 0 Å². The number of hydrogen-bond acceptors (Lipinski definition) is 5. The lowest BCUT2D eigenvalue weighted by Crippen LogP contribution is -2.56. The highest BCUT2D eigenvalue weighted by atomic mass is 16.5. The lowest BCUT2D eigenvalue weighted by atomic mass is 10.0. The van der Waals surface area contributed by atoms with Crippen molar-refractivity contribution in [2.24, 2.45) is 5.92 Å². The first-order valence-corrected chi connectivity index (χ1v) is 7.46. The zero-order valence-corrected chi connectivity index (χ0v) is 14.0. The van der Waals surface area contributed by atoms with Crippen molar-refractivity contribution in [1.29, 1.82) is 0 Å². The Kier molecular flexibility index (Phi) is 8.51. The Morgan fingerprint density at radius 2 is 1.76 bits per heavy atom. The van der Waals surface area contributed by atoms with Gasteiger partial charge in [0.1, 0.15) is 12.1 Å². The predicted molar refractivity (Wildman–Crippen MR) is 81.8 cm³/mol. The second-order valence-electron chi connectivity index (χ2n) is 6.57. The van der Waals surface area contributed by atoms with E-state index in [1.54, 1.807) is 6.92 Å². The van der Waals surface area contributed by atoms with E-state index in [1.165, 1.54) is 0 Å². The Balaban J connectivity index is 4.80. The van der Waals surface area contributed by atoms with Gasteiger partial charge in [0.05, 0.1) is 13.2 Å². The molecule has 0 aromatic rings. The summed E-state index contributed by atoms with van der Waals surface area (Å²) in [5.74, 6) is -0.596. The summed E-state index contributed by atoms with van der Waals surface area (Å²) in [4.78, 5) is 24.1. The quantitative estimate of drug-likeness (QED) is 0.578. The highest BCUT2D eigenvalue weighted by Gasteiger charge is 2.28. The van der Waals surface area contributed by atoms with Crippen LogP contribution in [0.25, 0.3) is 0 Å². The number of carbonyl (C=O) groups excluding carboxylic acids is 2. The molecule has 0 saturated carbocycles. The molecular formula is C15H30N2O4. The fourth-order valence-corrected chi connectivity index (χ4v) is 1.92. The SMILES string of the molecule is CCOC(=O)[C@H](CC(C)C)NC(=O)[C@H](CO)NC(C)(C)C. The van der Waals surface area contributed by atoms with Gasteiger partial charge in [-0.25, -0.2) is 4.79 Å². The van der Waals surface area contributed by atoms with Crippen LogP contribution < -0.4 is 10.6 Å². The standard InChI is InChI=1S/C15H30N2O4/c1-7-21-14(20)11(8-10(2)3)16-13(19)12(9-18)17-15(4,5)6/h10-12,17-18H,7-9H2,1-6H3,(H,16,19)/t11-,12-/m0/s1. The fourth-order valence-electron chi connectivity index (χ4n) is 1.92. The summed E-state index contributed by atoms with van der Waals surface area (Å²) >= 11 is 0. The molecule has 0 aromatic carbocycles. The Labute approximate surface area is 127 Å². The van der Waals surface area contributed by atoms with Crippen molar-refractivity contribution in [3.05, 3.63) is 0 Å². The molecule has 2 atom stereocenters. The first-order chi connectivity index (χ1) is 9.60. The molecule has 0 aliphatic heterocycles. The molecule has 0 heterocycles. The monoisotopic (exact) mass is 302 g/mol. The number of nitrogens with one attached hydrogen (secondary N) is 2. The number of ether oxygens (including phenoxy) is 1. The smallest absolute Gasteiger partial charge is 0.328 e. The second kappa shape index (κ2) is 9.00. The maximum atomic E-state index is 12.2. The fraction of sp³-hybridized carbons (Fsp3) is 0.867. The second-order valence-corrected chi connectivity index (χ2v) is 6.57. The van der Waals surface area contributed by atoms with Crippen molar-refractivity contribution in [3.8, 4) is 0 Å². The van der Waals surface area contributed by atoms with E-state index in [0.29, 0.717) is 6.42 Å². The number of esters is 1. The maximum absolute atomic E-state index is 12.2. The van der Waals surface area contributed by atoms with Crippen LogP contribution in [0.4, 0.5) is 0 Å². The molecule has 6 nitrogen and oxygen atoms in total. The Bertz CT molecular complexity index is 337. The van der Waals surface area contributed by atoms with Crippen LogP contribution in [0.5, 0.6) is 0 Å². The highest BCUT2D eigenvalue weighted by molar-refractivity contribution is 5.87. The van der Waals surface area contributed by atoms with Crippen molar-refractivity contribution in [2.45, 2.75) is 65.6 Å². The molecule has 0 saturated heterocycles. The van der Waals surface area contributed by atoms with Crippen molar-refractivity contribution >= 4 is 11.9 Å². The Morgan fingerprint density at radius 3 is 2.14 bits per heavy atom. The van der Waals surface area contributed by atoms with Gasteiger partial charge in [0.2, 0.25) is 5.91 Å². The number of hydrogen-bond donors (Lipinski definition) is 3. The zero-order chi connectivity index (χ0) is 16.6. The molecule has 0 spiro atoms. The first-order valence-electron chi connectivity index (χ1n) is 7.46. The van der Waals surface area contributed by atoms with Crippen LogP contribution in [-0.4, -0.2) is 47.8 Å². The van der Waals surface area contributed by atoms with Gasteiger partial charge in [-0.05, 0) is 40.0 Å². The summed E-state index contributed by atoms with van der Waals surface area (Å²) in [5, 5.41) is 15.0. The third-order valence-electron chi connectivity index (χ3n) is 2.70. The van der Waals surface area contributed by atoms with Gasteiger partial charge in [0, 0.05) is 5.54 Å². The topological polar surface area (TPSA) is 87.7 Å².